The van der Waals surface area contributed by atoms with E-state index in [1.165, 1.54) is 16.9 Å². The Hall–Kier alpha value is -1.81. The summed E-state index contributed by atoms with van der Waals surface area (Å²) in [5.41, 5.74) is 10.2. The number of rotatable bonds is 6. The molecule has 1 aromatic carbocycles. The molecule has 0 unspecified atom stereocenters. The minimum absolute atomic E-state index is 0.0531. The number of nitrogens with two attached hydrogens (primary N) is 1. The summed E-state index contributed by atoms with van der Waals surface area (Å²) in [6, 6.07) is 8.49. The van der Waals surface area contributed by atoms with Crippen molar-refractivity contribution in [2.75, 3.05) is 18.8 Å². The molecule has 0 radical (unpaired) electrons. The second-order valence-electron chi connectivity index (χ2n) is 7.51. The first kappa shape index (κ1) is 19.5. The van der Waals surface area contributed by atoms with E-state index in [1.807, 2.05) is 10.3 Å². The van der Waals surface area contributed by atoms with Crippen LogP contribution < -0.4 is 5.73 Å². The van der Waals surface area contributed by atoms with Crippen LogP contribution in [-0.4, -0.2) is 23.9 Å². The molecule has 0 atom stereocenters. The third-order valence-corrected chi connectivity index (χ3v) is 5.18. The third kappa shape index (κ3) is 4.43. The fourth-order valence-corrected chi connectivity index (χ4v) is 3.78. The summed E-state index contributed by atoms with van der Waals surface area (Å²) in [4.78, 5) is 15.0. The second-order valence-corrected chi connectivity index (χ2v) is 8.42. The summed E-state index contributed by atoms with van der Waals surface area (Å²) in [5.74, 6) is 0.0531. The molecule has 0 spiro atoms. The van der Waals surface area contributed by atoms with E-state index in [0.29, 0.717) is 10.6 Å². The Kier molecular flexibility index (Phi) is 6.28. The van der Waals surface area contributed by atoms with Gasteiger partial charge < -0.3 is 10.6 Å². The topological polar surface area (TPSA) is 46.3 Å². The Morgan fingerprint density at radius 2 is 1.64 bits per heavy atom. The Bertz CT molecular complexity index is 704. The first-order valence-corrected chi connectivity index (χ1v) is 9.94. The summed E-state index contributed by atoms with van der Waals surface area (Å²) in [5, 5.41) is 2.61. The molecule has 1 aromatic heterocycles. The Balaban J connectivity index is 2.40. The van der Waals surface area contributed by atoms with Crippen LogP contribution in [0, 0.1) is 0 Å². The molecule has 0 bridgehead atoms. The number of carbonyl (C=O) groups is 1. The van der Waals surface area contributed by atoms with Crippen molar-refractivity contribution in [3.8, 4) is 11.1 Å². The van der Waals surface area contributed by atoms with Crippen molar-refractivity contribution in [1.82, 2.24) is 4.90 Å². The van der Waals surface area contributed by atoms with Gasteiger partial charge >= 0.3 is 0 Å². The molecule has 0 saturated carbocycles. The van der Waals surface area contributed by atoms with Crippen molar-refractivity contribution in [2.24, 2.45) is 0 Å². The quantitative estimate of drug-likeness (QED) is 0.735. The fourth-order valence-electron chi connectivity index (χ4n) is 2.97. The molecule has 0 fully saturated rings. The first-order chi connectivity index (χ1) is 11.8. The average molecular weight is 359 g/mol. The summed E-state index contributed by atoms with van der Waals surface area (Å²) < 4.78 is 0. The summed E-state index contributed by atoms with van der Waals surface area (Å²) in [6.07, 6.45) is 1.90. The predicted molar refractivity (Wildman–Crippen MR) is 109 cm³/mol. The van der Waals surface area contributed by atoms with E-state index in [9.17, 15) is 4.79 Å². The van der Waals surface area contributed by atoms with Gasteiger partial charge in [0.05, 0.1) is 10.6 Å². The Morgan fingerprint density at radius 1 is 1.08 bits per heavy atom. The van der Waals surface area contributed by atoms with Gasteiger partial charge in [0.15, 0.2) is 0 Å². The molecule has 2 rings (SSSR count). The van der Waals surface area contributed by atoms with Crippen molar-refractivity contribution in [2.45, 2.75) is 52.9 Å². The van der Waals surface area contributed by atoms with Crippen LogP contribution in [0.2, 0.25) is 0 Å². The minimum Gasteiger partial charge on any atom is -0.390 e. The van der Waals surface area contributed by atoms with Crippen molar-refractivity contribution in [3.05, 3.63) is 40.8 Å². The normalized spacial score (nSPS) is 11.6. The van der Waals surface area contributed by atoms with Crippen molar-refractivity contribution in [3.63, 3.8) is 0 Å². The zero-order valence-electron chi connectivity index (χ0n) is 16.1. The van der Waals surface area contributed by atoms with Crippen LogP contribution >= 0.6 is 11.3 Å². The molecule has 25 heavy (non-hydrogen) atoms. The van der Waals surface area contributed by atoms with Crippen LogP contribution in [0.4, 0.5) is 5.00 Å². The molecule has 4 heteroatoms. The number of hydrogen-bond acceptors (Lipinski definition) is 3. The molecule has 0 aliphatic heterocycles. The van der Waals surface area contributed by atoms with E-state index < -0.39 is 0 Å². The van der Waals surface area contributed by atoms with E-state index in [0.717, 1.165) is 37.1 Å². The summed E-state index contributed by atoms with van der Waals surface area (Å²) >= 11 is 1.45. The molecular weight excluding hydrogens is 328 g/mol. The Labute approximate surface area is 155 Å². The highest BCUT2D eigenvalue weighted by Gasteiger charge is 2.23. The number of amides is 1. The third-order valence-electron chi connectivity index (χ3n) is 4.37. The number of nitrogens with zero attached hydrogens (tertiary/aromatic N) is 1. The maximum atomic E-state index is 13.1. The predicted octanol–water partition coefficient (Wildman–Crippen LogP) is 5.56. The molecular formula is C21H30N2OS. The highest BCUT2D eigenvalue weighted by molar-refractivity contribution is 7.15. The van der Waals surface area contributed by atoms with Gasteiger partial charge in [-0.15, -0.1) is 11.3 Å². The van der Waals surface area contributed by atoms with E-state index in [4.69, 9.17) is 5.73 Å². The van der Waals surface area contributed by atoms with Crippen LogP contribution in [0.25, 0.3) is 11.1 Å². The van der Waals surface area contributed by atoms with Crippen molar-refractivity contribution >= 4 is 22.2 Å². The lowest BCUT2D eigenvalue weighted by molar-refractivity contribution is 0.0758. The van der Waals surface area contributed by atoms with Crippen LogP contribution in [-0.2, 0) is 5.41 Å². The number of anilines is 1. The van der Waals surface area contributed by atoms with E-state index >= 15 is 0 Å². The van der Waals surface area contributed by atoms with Gasteiger partial charge in [-0.05, 0) is 29.4 Å². The molecule has 2 aromatic rings. The zero-order chi connectivity index (χ0) is 18.6. The van der Waals surface area contributed by atoms with Crippen LogP contribution in [0.1, 0.15) is 63.4 Å². The lowest BCUT2D eigenvalue weighted by atomic mass is 9.86. The van der Waals surface area contributed by atoms with Crippen LogP contribution in [0.15, 0.2) is 29.6 Å². The minimum atomic E-state index is 0.0531. The lowest BCUT2D eigenvalue weighted by Gasteiger charge is -2.22. The maximum Gasteiger partial charge on any atom is 0.257 e. The Morgan fingerprint density at radius 3 is 2.12 bits per heavy atom. The van der Waals surface area contributed by atoms with E-state index in [2.05, 4.69) is 58.9 Å². The smallest absolute Gasteiger partial charge is 0.257 e. The molecule has 1 heterocycles. The largest absolute Gasteiger partial charge is 0.390 e. The van der Waals surface area contributed by atoms with E-state index in [-0.39, 0.29) is 11.3 Å². The van der Waals surface area contributed by atoms with Gasteiger partial charge in [0.1, 0.15) is 0 Å². The fraction of sp³-hybridized carbons (Fsp3) is 0.476. The zero-order valence-corrected chi connectivity index (χ0v) is 16.9. The highest BCUT2D eigenvalue weighted by Crippen LogP contribution is 2.35. The molecule has 0 saturated heterocycles. The van der Waals surface area contributed by atoms with E-state index in [1.54, 1.807) is 0 Å². The van der Waals surface area contributed by atoms with Crippen molar-refractivity contribution in [1.29, 1.82) is 0 Å². The number of hydrogen-bond donors (Lipinski definition) is 1. The van der Waals surface area contributed by atoms with Crippen LogP contribution in [0.3, 0.4) is 0 Å². The standard InChI is InChI=1S/C21H30N2OS/c1-6-12-23(13-7-2)20(24)18-17(14-25-19(18)22)15-8-10-16(11-9-15)21(3,4)5/h8-11,14H,6-7,12-13,22H2,1-5H3. The number of benzene rings is 1. The molecule has 136 valence electrons. The van der Waals surface area contributed by atoms with Gasteiger partial charge in [-0.2, -0.15) is 0 Å². The summed E-state index contributed by atoms with van der Waals surface area (Å²) in [6.45, 7) is 12.3. The van der Waals surface area contributed by atoms with Gasteiger partial charge in [0.2, 0.25) is 0 Å². The number of carbonyl (C=O) groups excluding carboxylic acids is 1. The molecule has 0 aliphatic rings. The van der Waals surface area contributed by atoms with Gasteiger partial charge in [-0.3, -0.25) is 4.79 Å². The van der Waals surface area contributed by atoms with Crippen molar-refractivity contribution < 1.29 is 4.79 Å². The molecule has 1 amide bonds. The van der Waals surface area contributed by atoms with Gasteiger partial charge in [-0.25, -0.2) is 0 Å². The first-order valence-electron chi connectivity index (χ1n) is 9.06. The van der Waals surface area contributed by atoms with Crippen LogP contribution in [0.5, 0.6) is 0 Å². The lowest BCUT2D eigenvalue weighted by Crippen LogP contribution is -2.33. The number of nitrogen functional groups attached to an aromatic ring is 1. The van der Waals surface area contributed by atoms with Gasteiger partial charge in [0.25, 0.3) is 5.91 Å². The monoisotopic (exact) mass is 358 g/mol. The molecule has 3 nitrogen and oxygen atoms in total. The SMILES string of the molecule is CCCN(CCC)C(=O)c1c(-c2ccc(C(C)(C)C)cc2)csc1N. The maximum absolute atomic E-state index is 13.1. The average Bonchev–Trinajstić information content (AvgIpc) is 2.95. The summed E-state index contributed by atoms with van der Waals surface area (Å²) in [7, 11) is 0. The molecule has 0 aliphatic carbocycles. The highest BCUT2D eigenvalue weighted by atomic mass is 32.1. The number of thiophene rings is 1. The van der Waals surface area contributed by atoms with Gasteiger partial charge in [-0.1, -0.05) is 58.9 Å². The van der Waals surface area contributed by atoms with Gasteiger partial charge in [0, 0.05) is 24.0 Å². The second kappa shape index (κ2) is 8.05. The molecule has 2 N–H and O–H groups in total.